The van der Waals surface area contributed by atoms with E-state index in [1.165, 1.54) is 34.8 Å². The quantitative estimate of drug-likeness (QED) is 0.379. The van der Waals surface area contributed by atoms with Gasteiger partial charge in [0.1, 0.15) is 18.1 Å². The topological polar surface area (TPSA) is 80.1 Å². The number of thiazole rings is 2. The van der Waals surface area contributed by atoms with Gasteiger partial charge in [-0.15, -0.1) is 22.7 Å². The van der Waals surface area contributed by atoms with Crippen LogP contribution in [0.25, 0.3) is 20.5 Å². The second-order valence-electron chi connectivity index (χ2n) is 6.22. The number of rotatable bonds is 10. The third kappa shape index (κ3) is 5.15. The van der Waals surface area contributed by atoms with Gasteiger partial charge in [-0.1, -0.05) is 18.6 Å². The third-order valence-electron chi connectivity index (χ3n) is 4.15. The molecule has 0 saturated carbocycles. The minimum absolute atomic E-state index is 0.0770. The molecule has 0 atom stereocenters. The first-order valence-corrected chi connectivity index (χ1v) is 10.6. The molecular weight excluding hydrogens is 399 g/mol. The molecule has 0 radical (unpaired) electrons. The van der Waals surface area contributed by atoms with Crippen molar-refractivity contribution in [1.82, 2.24) is 9.97 Å². The summed E-state index contributed by atoms with van der Waals surface area (Å²) in [4.78, 5) is 33.4. The van der Waals surface area contributed by atoms with Gasteiger partial charge >= 0.3 is 0 Å². The molecule has 0 spiro atoms. The molecule has 0 aliphatic heterocycles. The first kappa shape index (κ1) is 20.4. The first-order chi connectivity index (χ1) is 13.6. The van der Waals surface area contributed by atoms with E-state index in [9.17, 15) is 14.0 Å². The number of carbonyl (C=O) groups is 2. The molecule has 0 amide bonds. The van der Waals surface area contributed by atoms with E-state index < -0.39 is 6.61 Å². The van der Waals surface area contributed by atoms with Crippen molar-refractivity contribution >= 4 is 34.2 Å². The molecule has 3 aromatic rings. The predicted molar refractivity (Wildman–Crippen MR) is 108 cm³/mol. The highest BCUT2D eigenvalue weighted by molar-refractivity contribution is 7.22. The van der Waals surface area contributed by atoms with Crippen LogP contribution in [-0.2, 0) is 4.79 Å². The Morgan fingerprint density at radius 3 is 2.46 bits per heavy atom. The summed E-state index contributed by atoms with van der Waals surface area (Å²) >= 11 is 2.83. The zero-order chi connectivity index (χ0) is 19.9. The van der Waals surface area contributed by atoms with Gasteiger partial charge in [-0.3, -0.25) is 9.59 Å². The number of carbonyl (C=O) groups excluding carboxylic acids is 2. The first-order valence-electron chi connectivity index (χ1n) is 8.91. The molecule has 0 saturated heterocycles. The van der Waals surface area contributed by atoms with Gasteiger partial charge in [-0.25, -0.2) is 14.4 Å². The van der Waals surface area contributed by atoms with Crippen molar-refractivity contribution in [3.8, 4) is 20.5 Å². The summed E-state index contributed by atoms with van der Waals surface area (Å²) in [5.41, 5.74) is 1.13. The normalized spacial score (nSPS) is 10.9. The van der Waals surface area contributed by atoms with Gasteiger partial charge < -0.3 is 5.11 Å². The molecule has 3 rings (SSSR count). The minimum atomic E-state index is -0.432. The maximum atomic E-state index is 13.3. The fourth-order valence-electron chi connectivity index (χ4n) is 2.71. The van der Waals surface area contributed by atoms with Gasteiger partial charge in [0.15, 0.2) is 21.6 Å². The number of nitrogens with zero attached hydrogens (tertiary/aromatic N) is 2. The molecule has 28 heavy (non-hydrogen) atoms. The number of halogens is 1. The van der Waals surface area contributed by atoms with E-state index in [1.54, 1.807) is 18.3 Å². The van der Waals surface area contributed by atoms with Crippen molar-refractivity contribution in [1.29, 1.82) is 0 Å². The van der Waals surface area contributed by atoms with Crippen molar-refractivity contribution in [2.24, 2.45) is 0 Å². The summed E-state index contributed by atoms with van der Waals surface area (Å²) in [5.74, 6) is -0.594. The van der Waals surface area contributed by atoms with Crippen LogP contribution in [0.5, 0.6) is 0 Å². The zero-order valence-corrected chi connectivity index (χ0v) is 16.7. The summed E-state index contributed by atoms with van der Waals surface area (Å²) in [6, 6.07) is 6.02. The summed E-state index contributed by atoms with van der Waals surface area (Å²) in [6.07, 6.45) is 4.36. The van der Waals surface area contributed by atoms with E-state index in [0.717, 1.165) is 17.0 Å². The van der Waals surface area contributed by atoms with E-state index in [4.69, 9.17) is 5.11 Å². The highest BCUT2D eigenvalue weighted by atomic mass is 32.1. The molecule has 0 unspecified atom stereocenters. The lowest BCUT2D eigenvalue weighted by Crippen LogP contribution is -2.04. The van der Waals surface area contributed by atoms with Crippen LogP contribution in [0.1, 0.15) is 42.6 Å². The van der Waals surface area contributed by atoms with Gasteiger partial charge in [0.2, 0.25) is 0 Å². The number of Topliss-reactive ketones (excluding diaryl/α,β-unsaturated/α-hetero) is 2. The molecule has 0 bridgehead atoms. The molecule has 146 valence electrons. The fraction of sp³-hybridized carbons (Fsp3) is 0.300. The number of aliphatic hydroxyl groups excluding tert-OH is 1. The lowest BCUT2D eigenvalue weighted by molar-refractivity contribution is -0.121. The molecule has 0 aliphatic rings. The number of ketones is 2. The van der Waals surface area contributed by atoms with Gasteiger partial charge in [0.25, 0.3) is 0 Å². The molecule has 2 heterocycles. The maximum absolute atomic E-state index is 13.3. The fourth-order valence-corrected chi connectivity index (χ4v) is 4.48. The van der Waals surface area contributed by atoms with E-state index in [2.05, 4.69) is 9.97 Å². The van der Waals surface area contributed by atoms with E-state index in [1.807, 2.05) is 5.38 Å². The van der Waals surface area contributed by atoms with E-state index in [-0.39, 0.29) is 17.4 Å². The molecule has 8 heteroatoms. The summed E-state index contributed by atoms with van der Waals surface area (Å²) < 4.78 is 13.3. The molecule has 2 aromatic heterocycles. The molecule has 1 N–H and O–H groups in total. The summed E-state index contributed by atoms with van der Waals surface area (Å²) in [5, 5.41) is 12.0. The van der Waals surface area contributed by atoms with Crippen molar-refractivity contribution in [2.75, 3.05) is 6.61 Å². The number of aromatic nitrogens is 2. The number of hydrogen-bond acceptors (Lipinski definition) is 7. The van der Waals surface area contributed by atoms with Gasteiger partial charge in [0, 0.05) is 24.4 Å². The van der Waals surface area contributed by atoms with Crippen LogP contribution in [0.3, 0.4) is 0 Å². The summed E-state index contributed by atoms with van der Waals surface area (Å²) in [7, 11) is 0. The Morgan fingerprint density at radius 2 is 1.79 bits per heavy atom. The minimum Gasteiger partial charge on any atom is -0.389 e. The second-order valence-corrected chi connectivity index (χ2v) is 8.12. The number of aliphatic hydroxyl groups is 1. The highest BCUT2D eigenvalue weighted by Crippen LogP contribution is 2.37. The number of unbranched alkanes of at least 4 members (excludes halogenated alkanes) is 2. The van der Waals surface area contributed by atoms with Crippen molar-refractivity contribution < 1.29 is 19.1 Å². The Hall–Kier alpha value is -2.29. The Labute approximate surface area is 169 Å². The molecule has 0 fully saturated rings. The van der Waals surface area contributed by atoms with Crippen LogP contribution in [0.2, 0.25) is 0 Å². The predicted octanol–water partition coefficient (Wildman–Crippen LogP) is 4.77. The molecular formula is C20H19FN2O3S2. The van der Waals surface area contributed by atoms with Gasteiger partial charge in [-0.05, 0) is 30.5 Å². The molecule has 0 aliphatic carbocycles. The largest absolute Gasteiger partial charge is 0.389 e. The monoisotopic (exact) mass is 418 g/mol. The van der Waals surface area contributed by atoms with Crippen LogP contribution in [0, 0.1) is 5.82 Å². The van der Waals surface area contributed by atoms with Crippen LogP contribution in [-0.4, -0.2) is 33.2 Å². The maximum Gasteiger partial charge on any atom is 0.182 e. The second kappa shape index (κ2) is 9.77. The van der Waals surface area contributed by atoms with Crippen LogP contribution in [0.15, 0.2) is 35.8 Å². The molecule has 5 nitrogen and oxygen atoms in total. The Bertz CT molecular complexity index is 937. The highest BCUT2D eigenvalue weighted by Gasteiger charge is 2.21. The SMILES string of the molecule is O=C(CO)CCCCCC(=O)c1nc(-c2nccs2)sc1-c1ccc(F)cc1. The molecule has 1 aromatic carbocycles. The van der Waals surface area contributed by atoms with E-state index in [0.29, 0.717) is 41.3 Å². The van der Waals surface area contributed by atoms with Crippen molar-refractivity contribution in [3.05, 3.63) is 47.4 Å². The van der Waals surface area contributed by atoms with Crippen LogP contribution >= 0.6 is 22.7 Å². The zero-order valence-electron chi connectivity index (χ0n) is 15.1. The smallest absolute Gasteiger partial charge is 0.182 e. The van der Waals surface area contributed by atoms with Crippen molar-refractivity contribution in [2.45, 2.75) is 32.1 Å². The van der Waals surface area contributed by atoms with Gasteiger partial charge in [0.05, 0.1) is 4.88 Å². The third-order valence-corrected chi connectivity index (χ3v) is 6.17. The van der Waals surface area contributed by atoms with Crippen LogP contribution in [0.4, 0.5) is 4.39 Å². The van der Waals surface area contributed by atoms with Crippen LogP contribution < -0.4 is 0 Å². The lowest BCUT2D eigenvalue weighted by Gasteiger charge is -2.03. The summed E-state index contributed by atoms with van der Waals surface area (Å²) in [6.45, 7) is -0.432. The van der Waals surface area contributed by atoms with Crippen molar-refractivity contribution in [3.63, 3.8) is 0 Å². The number of benzene rings is 1. The Morgan fingerprint density at radius 1 is 1.04 bits per heavy atom. The Kier molecular flexibility index (Phi) is 7.13. The standard InChI is InChI=1S/C20H19FN2O3S2/c21-14-8-6-13(7-9-14)18-17(23-20(28-18)19-22-10-11-27-19)16(26)5-3-1-2-4-15(25)12-24/h6-11,24H,1-5,12H2. The Balaban J connectivity index is 1.75. The van der Waals surface area contributed by atoms with E-state index >= 15 is 0 Å². The lowest BCUT2D eigenvalue weighted by atomic mass is 10.0. The average Bonchev–Trinajstić information content (AvgIpc) is 3.37. The van der Waals surface area contributed by atoms with Gasteiger partial charge in [-0.2, -0.15) is 0 Å². The average molecular weight is 419 g/mol. The number of hydrogen-bond donors (Lipinski definition) is 1.